The normalized spacial score (nSPS) is 18.8. The molecule has 3 aromatic rings. The molecule has 1 unspecified atom stereocenters. The van der Waals surface area contributed by atoms with Crippen LogP contribution in [0.2, 0.25) is 0 Å². The van der Waals surface area contributed by atoms with Gasteiger partial charge in [-0.3, -0.25) is 9.29 Å². The average molecular weight is 436 g/mol. The van der Waals surface area contributed by atoms with Crippen LogP contribution in [0.15, 0.2) is 54.9 Å². The van der Waals surface area contributed by atoms with Gasteiger partial charge in [-0.25, -0.2) is 18.4 Å². The number of rotatable bonds is 4. The molecule has 0 saturated carbocycles. The summed E-state index contributed by atoms with van der Waals surface area (Å²) < 4.78 is 28.7. The van der Waals surface area contributed by atoms with Gasteiger partial charge in [-0.2, -0.15) is 0 Å². The molecule has 0 amide bonds. The van der Waals surface area contributed by atoms with Gasteiger partial charge in [0.05, 0.1) is 10.9 Å². The molecule has 7 nitrogen and oxygen atoms in total. The zero-order chi connectivity index (χ0) is 21.4. The van der Waals surface area contributed by atoms with Crippen molar-refractivity contribution in [3.8, 4) is 11.4 Å². The second-order valence-corrected chi connectivity index (χ2v) is 10.3. The molecule has 31 heavy (non-hydrogen) atoms. The summed E-state index contributed by atoms with van der Waals surface area (Å²) in [7, 11) is -3.45. The van der Waals surface area contributed by atoms with Crippen LogP contribution in [0.4, 0.5) is 11.5 Å². The van der Waals surface area contributed by atoms with E-state index in [1.807, 2.05) is 49.4 Å². The number of aromatic nitrogens is 3. The van der Waals surface area contributed by atoms with Crippen LogP contribution in [0.25, 0.3) is 11.4 Å². The Hall–Kier alpha value is -3.00. The molecule has 1 aromatic carbocycles. The van der Waals surface area contributed by atoms with Crippen LogP contribution in [0, 0.1) is 6.92 Å². The van der Waals surface area contributed by atoms with Crippen molar-refractivity contribution in [2.24, 2.45) is 0 Å². The Morgan fingerprint density at radius 3 is 2.77 bits per heavy atom. The monoisotopic (exact) mass is 435 g/mol. The minimum atomic E-state index is -3.45. The third kappa shape index (κ3) is 3.76. The van der Waals surface area contributed by atoms with E-state index in [0.29, 0.717) is 25.3 Å². The van der Waals surface area contributed by atoms with Gasteiger partial charge in [0.1, 0.15) is 5.82 Å². The van der Waals surface area contributed by atoms with E-state index in [2.05, 4.69) is 14.9 Å². The topological polar surface area (TPSA) is 79.3 Å². The Bertz CT molecular complexity index is 1200. The quantitative estimate of drug-likeness (QED) is 0.626. The number of nitrogens with zero attached hydrogens (tertiary/aromatic N) is 5. The van der Waals surface area contributed by atoms with Crippen LogP contribution in [0.1, 0.15) is 24.1 Å². The maximum atomic E-state index is 13.5. The molecule has 2 aromatic heterocycles. The molecule has 1 fully saturated rings. The maximum Gasteiger partial charge on any atom is 0.239 e. The first kappa shape index (κ1) is 19.9. The molecule has 1 saturated heterocycles. The van der Waals surface area contributed by atoms with Crippen LogP contribution in [-0.2, 0) is 16.4 Å². The molecule has 160 valence electrons. The third-order valence-corrected chi connectivity index (χ3v) is 8.26. The number of sulfonamides is 1. The number of aryl methyl sites for hydroxylation is 1. The van der Waals surface area contributed by atoms with Crippen molar-refractivity contribution in [3.05, 3.63) is 66.1 Å². The first-order valence-electron chi connectivity index (χ1n) is 10.6. The van der Waals surface area contributed by atoms with Crippen molar-refractivity contribution in [1.82, 2.24) is 15.0 Å². The number of piperidine rings is 1. The number of benzene rings is 1. The smallest absolute Gasteiger partial charge is 0.239 e. The molecule has 1 atom stereocenters. The highest BCUT2D eigenvalue weighted by molar-refractivity contribution is 7.93. The Balaban J connectivity index is 1.42. The second-order valence-electron chi connectivity index (χ2n) is 8.14. The second kappa shape index (κ2) is 7.92. The largest absolute Gasteiger partial charge is 0.355 e. The standard InChI is InChI=1S/C23H25N5O2S/c1-17-14-22(26-23(25-17)19-7-4-11-24-15-19)27-12-5-8-20(16-27)31(29,30)28-13-10-18-6-2-3-9-21(18)28/h2-4,6-7,9,11,14-15,20H,5,8,10,12-13,16H2,1H3. The molecular formula is C23H25N5O2S. The van der Waals surface area contributed by atoms with Gasteiger partial charge in [0, 0.05) is 49.4 Å². The van der Waals surface area contributed by atoms with E-state index in [4.69, 9.17) is 4.98 Å². The van der Waals surface area contributed by atoms with Crippen molar-refractivity contribution >= 4 is 21.5 Å². The zero-order valence-corrected chi connectivity index (χ0v) is 18.3. The Labute approximate surface area is 182 Å². The lowest BCUT2D eigenvalue weighted by Gasteiger charge is -2.35. The lowest BCUT2D eigenvalue weighted by molar-refractivity contribution is 0.527. The van der Waals surface area contributed by atoms with E-state index in [0.717, 1.165) is 47.7 Å². The van der Waals surface area contributed by atoms with Crippen molar-refractivity contribution in [3.63, 3.8) is 0 Å². The number of anilines is 2. The number of fused-ring (bicyclic) bond motifs is 1. The van der Waals surface area contributed by atoms with Gasteiger partial charge in [0.2, 0.25) is 10.0 Å². The van der Waals surface area contributed by atoms with Gasteiger partial charge in [-0.05, 0) is 49.9 Å². The van der Waals surface area contributed by atoms with Crippen LogP contribution in [0.5, 0.6) is 0 Å². The van der Waals surface area contributed by atoms with E-state index in [1.54, 1.807) is 16.7 Å². The van der Waals surface area contributed by atoms with Crippen LogP contribution in [0.3, 0.4) is 0 Å². The molecule has 0 radical (unpaired) electrons. The SMILES string of the molecule is Cc1cc(N2CCCC(S(=O)(=O)N3CCc4ccccc43)C2)nc(-c2cccnc2)n1. The summed E-state index contributed by atoms with van der Waals surface area (Å²) in [5, 5.41) is -0.454. The fraction of sp³-hybridized carbons (Fsp3) is 0.348. The fourth-order valence-electron chi connectivity index (χ4n) is 4.48. The molecule has 4 heterocycles. The maximum absolute atomic E-state index is 13.5. The fourth-order valence-corrected chi connectivity index (χ4v) is 6.47. The molecule has 2 aliphatic rings. The van der Waals surface area contributed by atoms with Crippen molar-refractivity contribution < 1.29 is 8.42 Å². The zero-order valence-electron chi connectivity index (χ0n) is 17.5. The van der Waals surface area contributed by atoms with Gasteiger partial charge in [0.15, 0.2) is 5.82 Å². The number of para-hydroxylation sites is 1. The van der Waals surface area contributed by atoms with Crippen LogP contribution >= 0.6 is 0 Å². The van der Waals surface area contributed by atoms with Crippen molar-refractivity contribution in [1.29, 1.82) is 0 Å². The lowest BCUT2D eigenvalue weighted by Crippen LogP contribution is -2.48. The molecular weight excluding hydrogens is 410 g/mol. The molecule has 0 N–H and O–H groups in total. The van der Waals surface area contributed by atoms with E-state index in [-0.39, 0.29) is 0 Å². The number of hydrogen-bond acceptors (Lipinski definition) is 6. The summed E-state index contributed by atoms with van der Waals surface area (Å²) in [6.45, 7) is 3.68. The predicted octanol–water partition coefficient (Wildman–Crippen LogP) is 3.21. The minimum absolute atomic E-state index is 0.434. The summed E-state index contributed by atoms with van der Waals surface area (Å²) in [6, 6.07) is 13.5. The van der Waals surface area contributed by atoms with E-state index >= 15 is 0 Å². The molecule has 5 rings (SSSR count). The Kier molecular flexibility index (Phi) is 5.09. The summed E-state index contributed by atoms with van der Waals surface area (Å²) in [6.07, 6.45) is 5.71. The van der Waals surface area contributed by atoms with E-state index in [9.17, 15) is 8.42 Å². The van der Waals surface area contributed by atoms with Crippen LogP contribution < -0.4 is 9.21 Å². The lowest BCUT2D eigenvalue weighted by atomic mass is 10.1. The summed E-state index contributed by atoms with van der Waals surface area (Å²) in [5.41, 5.74) is 3.63. The first-order valence-corrected chi connectivity index (χ1v) is 12.1. The Morgan fingerprint density at radius 1 is 1.06 bits per heavy atom. The number of pyridine rings is 1. The summed E-state index contributed by atoms with van der Waals surface area (Å²) in [5.74, 6) is 1.38. The van der Waals surface area contributed by atoms with E-state index < -0.39 is 15.3 Å². The van der Waals surface area contributed by atoms with Gasteiger partial charge in [-0.15, -0.1) is 0 Å². The van der Waals surface area contributed by atoms with Crippen molar-refractivity contribution in [2.75, 3.05) is 28.8 Å². The van der Waals surface area contributed by atoms with Gasteiger partial charge in [0.25, 0.3) is 0 Å². The Morgan fingerprint density at radius 2 is 1.94 bits per heavy atom. The molecule has 0 spiro atoms. The molecule has 2 aliphatic heterocycles. The van der Waals surface area contributed by atoms with Crippen molar-refractivity contribution in [2.45, 2.75) is 31.4 Å². The molecule has 0 aliphatic carbocycles. The number of hydrogen-bond donors (Lipinski definition) is 0. The minimum Gasteiger partial charge on any atom is -0.355 e. The molecule has 8 heteroatoms. The van der Waals surface area contributed by atoms with Gasteiger partial charge < -0.3 is 4.90 Å². The third-order valence-electron chi connectivity index (χ3n) is 6.04. The predicted molar refractivity (Wildman–Crippen MR) is 122 cm³/mol. The summed E-state index contributed by atoms with van der Waals surface area (Å²) in [4.78, 5) is 15.5. The van der Waals surface area contributed by atoms with Gasteiger partial charge >= 0.3 is 0 Å². The average Bonchev–Trinajstić information content (AvgIpc) is 3.24. The van der Waals surface area contributed by atoms with Gasteiger partial charge in [-0.1, -0.05) is 18.2 Å². The first-order chi connectivity index (χ1) is 15.0. The highest BCUT2D eigenvalue weighted by Crippen LogP contribution is 2.34. The highest BCUT2D eigenvalue weighted by Gasteiger charge is 2.38. The highest BCUT2D eigenvalue weighted by atomic mass is 32.2. The summed E-state index contributed by atoms with van der Waals surface area (Å²) >= 11 is 0. The van der Waals surface area contributed by atoms with E-state index in [1.165, 1.54) is 0 Å². The van der Waals surface area contributed by atoms with Crippen LogP contribution in [-0.4, -0.2) is 48.3 Å². The molecule has 0 bridgehead atoms.